The Balaban J connectivity index is 1.69. The number of carboxylic acid groups (broad SMARTS) is 1. The summed E-state index contributed by atoms with van der Waals surface area (Å²) in [5, 5.41) is 11.9. The predicted molar refractivity (Wildman–Crippen MR) is 91.1 cm³/mol. The molecular formula is C19H18O2S. The normalized spacial score (nSPS) is 27.4. The molecule has 0 spiro atoms. The van der Waals surface area contributed by atoms with Gasteiger partial charge in [-0.3, -0.25) is 4.79 Å². The molecule has 1 saturated carbocycles. The third-order valence-electron chi connectivity index (χ3n) is 4.86. The molecule has 0 radical (unpaired) electrons. The molecule has 2 aliphatic rings. The van der Waals surface area contributed by atoms with Crippen LogP contribution in [0.3, 0.4) is 0 Å². The number of aliphatic carboxylic acids is 1. The number of thioether (sulfide) groups is 1. The SMILES string of the molecule is O=C(O)C(SC1CC2C=CC1C2)c1cccc2ccccc12. The molecule has 2 aromatic rings. The van der Waals surface area contributed by atoms with Gasteiger partial charge in [-0.1, -0.05) is 54.6 Å². The van der Waals surface area contributed by atoms with Crippen LogP contribution in [0.4, 0.5) is 0 Å². The first kappa shape index (κ1) is 13.9. The molecule has 0 amide bonds. The Hall–Kier alpha value is -1.74. The first-order chi connectivity index (χ1) is 10.7. The number of rotatable bonds is 4. The number of fused-ring (bicyclic) bond motifs is 3. The van der Waals surface area contributed by atoms with E-state index < -0.39 is 11.2 Å². The highest BCUT2D eigenvalue weighted by Gasteiger charge is 2.39. The highest BCUT2D eigenvalue weighted by molar-refractivity contribution is 8.00. The summed E-state index contributed by atoms with van der Waals surface area (Å²) in [5.74, 6) is 0.504. The van der Waals surface area contributed by atoms with Crippen molar-refractivity contribution in [2.75, 3.05) is 0 Å². The molecule has 0 aliphatic heterocycles. The van der Waals surface area contributed by atoms with Crippen molar-refractivity contribution >= 4 is 28.5 Å². The molecule has 1 fully saturated rings. The summed E-state index contributed by atoms with van der Waals surface area (Å²) in [6.45, 7) is 0. The lowest BCUT2D eigenvalue weighted by molar-refractivity contribution is -0.136. The molecule has 0 heterocycles. The van der Waals surface area contributed by atoms with Crippen molar-refractivity contribution in [2.24, 2.45) is 11.8 Å². The highest BCUT2D eigenvalue weighted by Crippen LogP contribution is 2.49. The van der Waals surface area contributed by atoms with E-state index in [1.54, 1.807) is 11.8 Å². The highest BCUT2D eigenvalue weighted by atomic mass is 32.2. The molecule has 112 valence electrons. The molecule has 4 atom stereocenters. The quantitative estimate of drug-likeness (QED) is 0.834. The molecule has 2 aromatic carbocycles. The third kappa shape index (κ3) is 2.34. The van der Waals surface area contributed by atoms with E-state index in [1.165, 1.54) is 6.42 Å². The summed E-state index contributed by atoms with van der Waals surface area (Å²) in [6, 6.07) is 14.0. The topological polar surface area (TPSA) is 37.3 Å². The van der Waals surface area contributed by atoms with Gasteiger partial charge in [-0.2, -0.15) is 0 Å². The van der Waals surface area contributed by atoms with Crippen LogP contribution in [0, 0.1) is 11.8 Å². The smallest absolute Gasteiger partial charge is 0.321 e. The monoisotopic (exact) mass is 310 g/mol. The number of hydrogen-bond acceptors (Lipinski definition) is 2. The van der Waals surface area contributed by atoms with Crippen LogP contribution >= 0.6 is 11.8 Å². The molecule has 2 nitrogen and oxygen atoms in total. The van der Waals surface area contributed by atoms with Crippen molar-refractivity contribution in [1.29, 1.82) is 0 Å². The van der Waals surface area contributed by atoms with Gasteiger partial charge in [-0.15, -0.1) is 11.8 Å². The van der Waals surface area contributed by atoms with Gasteiger partial charge in [0.25, 0.3) is 0 Å². The van der Waals surface area contributed by atoms with Gasteiger partial charge in [-0.25, -0.2) is 0 Å². The van der Waals surface area contributed by atoms with E-state index in [9.17, 15) is 9.90 Å². The Bertz CT molecular complexity index is 747. The second-order valence-corrected chi connectivity index (χ2v) is 7.59. The Labute approximate surface area is 134 Å². The maximum Gasteiger partial charge on any atom is 0.321 e. The molecule has 4 rings (SSSR count). The summed E-state index contributed by atoms with van der Waals surface area (Å²) in [5.41, 5.74) is 0.933. The van der Waals surface area contributed by atoms with Gasteiger partial charge < -0.3 is 5.11 Å². The van der Waals surface area contributed by atoms with Gasteiger partial charge in [0.05, 0.1) is 0 Å². The fraction of sp³-hybridized carbons (Fsp3) is 0.316. The van der Waals surface area contributed by atoms with Crippen LogP contribution in [0.2, 0.25) is 0 Å². The van der Waals surface area contributed by atoms with Gasteiger partial charge in [-0.05, 0) is 41.0 Å². The predicted octanol–water partition coefficient (Wildman–Crippen LogP) is 4.66. The van der Waals surface area contributed by atoms with Crippen LogP contribution < -0.4 is 0 Å². The first-order valence-electron chi connectivity index (χ1n) is 7.76. The Morgan fingerprint density at radius 2 is 1.91 bits per heavy atom. The van der Waals surface area contributed by atoms with Gasteiger partial charge in [0, 0.05) is 5.25 Å². The van der Waals surface area contributed by atoms with Crippen molar-refractivity contribution in [3.05, 3.63) is 60.2 Å². The van der Waals surface area contributed by atoms with Crippen molar-refractivity contribution in [3.63, 3.8) is 0 Å². The summed E-state index contributed by atoms with van der Waals surface area (Å²) in [7, 11) is 0. The lowest BCUT2D eigenvalue weighted by atomic mass is 10.0. The zero-order chi connectivity index (χ0) is 15.1. The minimum Gasteiger partial charge on any atom is -0.480 e. The molecule has 0 aromatic heterocycles. The number of carbonyl (C=O) groups is 1. The van der Waals surface area contributed by atoms with Gasteiger partial charge in [0.2, 0.25) is 0 Å². The zero-order valence-corrected chi connectivity index (χ0v) is 13.0. The second-order valence-electron chi connectivity index (χ2n) is 6.24. The Kier molecular flexibility index (Phi) is 3.45. The Morgan fingerprint density at radius 3 is 2.64 bits per heavy atom. The zero-order valence-electron chi connectivity index (χ0n) is 12.2. The average Bonchev–Trinajstić information content (AvgIpc) is 3.14. The summed E-state index contributed by atoms with van der Waals surface area (Å²) in [4.78, 5) is 11.9. The number of carboxylic acids is 1. The molecule has 3 heteroatoms. The first-order valence-corrected chi connectivity index (χ1v) is 8.71. The summed E-state index contributed by atoms with van der Waals surface area (Å²) in [6.07, 6.45) is 6.92. The van der Waals surface area contributed by atoms with E-state index in [0.29, 0.717) is 17.1 Å². The Morgan fingerprint density at radius 1 is 1.09 bits per heavy atom. The summed E-state index contributed by atoms with van der Waals surface area (Å²) < 4.78 is 0. The molecule has 2 bridgehead atoms. The van der Waals surface area contributed by atoms with E-state index in [4.69, 9.17) is 0 Å². The largest absolute Gasteiger partial charge is 0.480 e. The number of benzene rings is 2. The molecule has 2 aliphatic carbocycles. The van der Waals surface area contributed by atoms with Crippen molar-refractivity contribution in [1.82, 2.24) is 0 Å². The molecule has 1 N–H and O–H groups in total. The fourth-order valence-corrected chi connectivity index (χ4v) is 5.39. The van der Waals surface area contributed by atoms with Crippen molar-refractivity contribution in [2.45, 2.75) is 23.3 Å². The van der Waals surface area contributed by atoms with Crippen LogP contribution in [-0.4, -0.2) is 16.3 Å². The van der Waals surface area contributed by atoms with Gasteiger partial charge in [0.1, 0.15) is 5.25 Å². The average molecular weight is 310 g/mol. The lowest BCUT2D eigenvalue weighted by Gasteiger charge is -2.23. The minimum atomic E-state index is -0.729. The number of hydrogen-bond donors (Lipinski definition) is 1. The standard InChI is InChI=1S/C19H18O2S/c20-19(21)18(22-17-11-12-8-9-14(17)10-12)16-7-3-5-13-4-1-2-6-15(13)16/h1-9,12,14,17-18H,10-11H2,(H,20,21). The molecular weight excluding hydrogens is 292 g/mol. The lowest BCUT2D eigenvalue weighted by Crippen LogP contribution is -2.17. The molecule has 22 heavy (non-hydrogen) atoms. The summed E-state index contributed by atoms with van der Waals surface area (Å²) >= 11 is 1.64. The number of allylic oxidation sites excluding steroid dienone is 2. The van der Waals surface area contributed by atoms with Crippen LogP contribution in [0.15, 0.2) is 54.6 Å². The van der Waals surface area contributed by atoms with E-state index in [0.717, 1.165) is 22.8 Å². The van der Waals surface area contributed by atoms with E-state index in [2.05, 4.69) is 12.2 Å². The van der Waals surface area contributed by atoms with Crippen LogP contribution in [0.1, 0.15) is 23.7 Å². The fourth-order valence-electron chi connectivity index (χ4n) is 3.81. The van der Waals surface area contributed by atoms with Crippen molar-refractivity contribution in [3.8, 4) is 0 Å². The van der Waals surface area contributed by atoms with Crippen LogP contribution in [-0.2, 0) is 4.79 Å². The maximum absolute atomic E-state index is 11.9. The van der Waals surface area contributed by atoms with Gasteiger partial charge >= 0.3 is 5.97 Å². The second kappa shape index (κ2) is 5.47. The minimum absolute atomic E-state index is 0.440. The van der Waals surface area contributed by atoms with Gasteiger partial charge in [0.15, 0.2) is 0 Å². The molecule has 0 saturated heterocycles. The van der Waals surface area contributed by atoms with Crippen LogP contribution in [0.5, 0.6) is 0 Å². The van der Waals surface area contributed by atoms with Crippen LogP contribution in [0.25, 0.3) is 10.8 Å². The van der Waals surface area contributed by atoms with E-state index in [-0.39, 0.29) is 0 Å². The maximum atomic E-state index is 11.9. The molecule has 4 unspecified atom stereocenters. The van der Waals surface area contributed by atoms with Crippen molar-refractivity contribution < 1.29 is 9.90 Å². The third-order valence-corrected chi connectivity index (χ3v) is 6.48. The van der Waals surface area contributed by atoms with E-state index in [1.807, 2.05) is 42.5 Å². The van der Waals surface area contributed by atoms with E-state index >= 15 is 0 Å².